The Bertz CT molecular complexity index is 394. The minimum Gasteiger partial charge on any atom is -0.374 e. The predicted octanol–water partition coefficient (Wildman–Crippen LogP) is 1.61. The van der Waals surface area contributed by atoms with E-state index in [1.807, 2.05) is 6.07 Å². The van der Waals surface area contributed by atoms with Crippen molar-refractivity contribution in [2.24, 2.45) is 0 Å². The SMILES string of the molecule is O=C1CCCC(O)N1CCc1ccc(Cl)nc1. The first-order valence-electron chi connectivity index (χ1n) is 5.75. The number of piperidine rings is 1. The molecule has 1 N–H and O–H groups in total. The van der Waals surface area contributed by atoms with Crippen LogP contribution in [0.5, 0.6) is 0 Å². The van der Waals surface area contributed by atoms with Gasteiger partial charge in [0.15, 0.2) is 0 Å². The van der Waals surface area contributed by atoms with Crippen LogP contribution in [0.4, 0.5) is 0 Å². The van der Waals surface area contributed by atoms with Crippen molar-refractivity contribution in [3.63, 3.8) is 0 Å². The maximum atomic E-state index is 11.6. The fourth-order valence-electron chi connectivity index (χ4n) is 1.98. The van der Waals surface area contributed by atoms with Crippen LogP contribution in [-0.2, 0) is 11.2 Å². The Kier molecular flexibility index (Phi) is 3.97. The van der Waals surface area contributed by atoms with E-state index in [0.717, 1.165) is 12.0 Å². The van der Waals surface area contributed by atoms with Crippen LogP contribution < -0.4 is 0 Å². The molecule has 17 heavy (non-hydrogen) atoms. The zero-order chi connectivity index (χ0) is 12.3. The number of aromatic nitrogens is 1. The molecule has 2 rings (SSSR count). The van der Waals surface area contributed by atoms with E-state index in [4.69, 9.17) is 11.6 Å². The topological polar surface area (TPSA) is 53.4 Å². The van der Waals surface area contributed by atoms with E-state index in [0.29, 0.717) is 31.0 Å². The number of carbonyl (C=O) groups excluding carboxylic acids is 1. The average Bonchev–Trinajstić information content (AvgIpc) is 2.31. The standard InChI is InChI=1S/C12H15ClN2O2/c13-10-5-4-9(8-14-10)6-7-15-11(16)2-1-3-12(15)17/h4-5,8,11,16H,1-3,6-7H2. The number of hydrogen-bond acceptors (Lipinski definition) is 3. The molecule has 1 aliphatic heterocycles. The van der Waals surface area contributed by atoms with Crippen LogP contribution in [0.2, 0.25) is 5.15 Å². The second-order valence-corrected chi connectivity index (χ2v) is 4.59. The minimum atomic E-state index is -0.628. The number of likely N-dealkylation sites (tertiary alicyclic amines) is 1. The molecule has 0 saturated carbocycles. The lowest BCUT2D eigenvalue weighted by atomic mass is 10.1. The molecule has 0 aromatic carbocycles. The number of hydrogen-bond donors (Lipinski definition) is 1. The quantitative estimate of drug-likeness (QED) is 0.834. The second-order valence-electron chi connectivity index (χ2n) is 4.20. The summed E-state index contributed by atoms with van der Waals surface area (Å²) in [6, 6.07) is 3.61. The lowest BCUT2D eigenvalue weighted by molar-refractivity contribution is -0.146. The molecule has 1 aromatic rings. The third kappa shape index (κ3) is 3.17. The molecule has 1 unspecified atom stereocenters. The number of rotatable bonds is 3. The zero-order valence-electron chi connectivity index (χ0n) is 9.47. The number of amides is 1. The van der Waals surface area contributed by atoms with Gasteiger partial charge in [-0.2, -0.15) is 0 Å². The van der Waals surface area contributed by atoms with Gasteiger partial charge in [-0.15, -0.1) is 0 Å². The van der Waals surface area contributed by atoms with Crippen LogP contribution in [0.3, 0.4) is 0 Å². The maximum Gasteiger partial charge on any atom is 0.224 e. The molecule has 1 aliphatic rings. The van der Waals surface area contributed by atoms with Crippen molar-refractivity contribution in [2.45, 2.75) is 31.9 Å². The fraction of sp³-hybridized carbons (Fsp3) is 0.500. The van der Waals surface area contributed by atoms with Crippen LogP contribution >= 0.6 is 11.6 Å². The summed E-state index contributed by atoms with van der Waals surface area (Å²) in [5.41, 5.74) is 1.01. The first kappa shape index (κ1) is 12.3. The van der Waals surface area contributed by atoms with Gasteiger partial charge in [-0.05, 0) is 30.9 Å². The maximum absolute atomic E-state index is 11.6. The molecule has 1 saturated heterocycles. The average molecular weight is 255 g/mol. The first-order chi connectivity index (χ1) is 8.16. The van der Waals surface area contributed by atoms with E-state index in [-0.39, 0.29) is 5.91 Å². The molecule has 1 aromatic heterocycles. The third-order valence-electron chi connectivity index (χ3n) is 2.96. The van der Waals surface area contributed by atoms with Gasteiger partial charge >= 0.3 is 0 Å². The number of halogens is 1. The summed E-state index contributed by atoms with van der Waals surface area (Å²) in [6.45, 7) is 0.531. The van der Waals surface area contributed by atoms with E-state index in [1.165, 1.54) is 4.90 Å². The van der Waals surface area contributed by atoms with E-state index in [9.17, 15) is 9.90 Å². The molecule has 0 radical (unpaired) electrons. The highest BCUT2D eigenvalue weighted by molar-refractivity contribution is 6.29. The van der Waals surface area contributed by atoms with Gasteiger partial charge in [-0.1, -0.05) is 17.7 Å². The fourth-order valence-corrected chi connectivity index (χ4v) is 2.09. The third-order valence-corrected chi connectivity index (χ3v) is 3.19. The van der Waals surface area contributed by atoms with Crippen molar-refractivity contribution in [3.05, 3.63) is 29.0 Å². The van der Waals surface area contributed by atoms with Gasteiger partial charge in [0.05, 0.1) is 0 Å². The number of aliphatic hydroxyl groups excluding tert-OH is 1. The normalized spacial score (nSPS) is 20.7. The summed E-state index contributed by atoms with van der Waals surface area (Å²) in [7, 11) is 0. The zero-order valence-corrected chi connectivity index (χ0v) is 10.2. The van der Waals surface area contributed by atoms with Crippen LogP contribution in [0.1, 0.15) is 24.8 Å². The Balaban J connectivity index is 1.92. The molecular weight excluding hydrogens is 240 g/mol. The van der Waals surface area contributed by atoms with E-state index in [2.05, 4.69) is 4.98 Å². The van der Waals surface area contributed by atoms with E-state index in [1.54, 1.807) is 12.3 Å². The van der Waals surface area contributed by atoms with Gasteiger partial charge in [0.1, 0.15) is 11.4 Å². The van der Waals surface area contributed by atoms with Gasteiger partial charge in [0.25, 0.3) is 0 Å². The van der Waals surface area contributed by atoms with E-state index < -0.39 is 6.23 Å². The highest BCUT2D eigenvalue weighted by Crippen LogP contribution is 2.16. The molecular formula is C12H15ClN2O2. The lowest BCUT2D eigenvalue weighted by Gasteiger charge is -2.32. The number of nitrogens with zero attached hydrogens (tertiary/aromatic N) is 2. The molecule has 5 heteroatoms. The summed E-state index contributed by atoms with van der Waals surface area (Å²) in [6.07, 6.45) is 3.74. The van der Waals surface area contributed by atoms with Crippen molar-refractivity contribution in [1.82, 2.24) is 9.88 Å². The van der Waals surface area contributed by atoms with Crippen LogP contribution in [0.15, 0.2) is 18.3 Å². The molecule has 0 aliphatic carbocycles. The Morgan fingerprint density at radius 2 is 2.35 bits per heavy atom. The largest absolute Gasteiger partial charge is 0.374 e. The molecule has 2 heterocycles. The second kappa shape index (κ2) is 5.47. The minimum absolute atomic E-state index is 0.0330. The highest BCUT2D eigenvalue weighted by atomic mass is 35.5. The van der Waals surface area contributed by atoms with Gasteiger partial charge in [-0.25, -0.2) is 4.98 Å². The van der Waals surface area contributed by atoms with Crippen molar-refractivity contribution in [2.75, 3.05) is 6.54 Å². The van der Waals surface area contributed by atoms with Gasteiger partial charge in [0.2, 0.25) is 5.91 Å². The van der Waals surface area contributed by atoms with Crippen molar-refractivity contribution in [3.8, 4) is 0 Å². The molecule has 0 bridgehead atoms. The monoisotopic (exact) mass is 254 g/mol. The smallest absolute Gasteiger partial charge is 0.224 e. The Morgan fingerprint density at radius 1 is 1.53 bits per heavy atom. The molecule has 1 amide bonds. The molecule has 92 valence electrons. The predicted molar refractivity (Wildman–Crippen MR) is 64.5 cm³/mol. The van der Waals surface area contributed by atoms with Crippen molar-refractivity contribution in [1.29, 1.82) is 0 Å². The number of carbonyl (C=O) groups is 1. The highest BCUT2D eigenvalue weighted by Gasteiger charge is 2.25. The molecule has 1 atom stereocenters. The molecule has 4 nitrogen and oxygen atoms in total. The summed E-state index contributed by atoms with van der Waals surface area (Å²) in [5, 5.41) is 10.2. The summed E-state index contributed by atoms with van der Waals surface area (Å²) < 4.78 is 0. The van der Waals surface area contributed by atoms with E-state index >= 15 is 0 Å². The van der Waals surface area contributed by atoms with Crippen LogP contribution in [-0.4, -0.2) is 33.7 Å². The summed E-state index contributed by atoms with van der Waals surface area (Å²) >= 11 is 5.69. The Morgan fingerprint density at radius 3 is 3.00 bits per heavy atom. The van der Waals surface area contributed by atoms with Gasteiger partial charge in [-0.3, -0.25) is 4.79 Å². The van der Waals surface area contributed by atoms with Crippen LogP contribution in [0, 0.1) is 0 Å². The number of pyridine rings is 1. The summed E-state index contributed by atoms with van der Waals surface area (Å²) in [4.78, 5) is 17.1. The van der Waals surface area contributed by atoms with Gasteiger partial charge < -0.3 is 10.0 Å². The lowest BCUT2D eigenvalue weighted by Crippen LogP contribution is -2.44. The number of aliphatic hydroxyl groups is 1. The first-order valence-corrected chi connectivity index (χ1v) is 6.12. The van der Waals surface area contributed by atoms with Crippen molar-refractivity contribution >= 4 is 17.5 Å². The van der Waals surface area contributed by atoms with Gasteiger partial charge in [0, 0.05) is 19.2 Å². The Labute approximate surface area is 105 Å². The molecule has 1 fully saturated rings. The van der Waals surface area contributed by atoms with Crippen LogP contribution in [0.25, 0.3) is 0 Å². The Hall–Kier alpha value is -1.13. The van der Waals surface area contributed by atoms with Crippen molar-refractivity contribution < 1.29 is 9.90 Å². The molecule has 0 spiro atoms. The summed E-state index contributed by atoms with van der Waals surface area (Å²) in [5.74, 6) is 0.0330.